The van der Waals surface area contributed by atoms with Gasteiger partial charge in [-0.2, -0.15) is 0 Å². The van der Waals surface area contributed by atoms with Gasteiger partial charge >= 0.3 is 18.0 Å². The number of para-hydroxylation sites is 1. The number of carboxylic acids is 1. The Morgan fingerprint density at radius 3 is 2.24 bits per heavy atom. The van der Waals surface area contributed by atoms with Crippen LogP contribution in [0.1, 0.15) is 31.4 Å². The first-order chi connectivity index (χ1) is 17.5. The van der Waals surface area contributed by atoms with Gasteiger partial charge in [0.1, 0.15) is 5.75 Å². The molecule has 2 aromatic carbocycles. The smallest absolute Gasteiger partial charge is 0.323 e. The van der Waals surface area contributed by atoms with Gasteiger partial charge in [0, 0.05) is 25.3 Å². The van der Waals surface area contributed by atoms with Gasteiger partial charge < -0.3 is 36.4 Å². The van der Waals surface area contributed by atoms with Crippen LogP contribution in [-0.4, -0.2) is 55.8 Å². The second kappa shape index (κ2) is 13.7. The molecule has 11 nitrogen and oxygen atoms in total. The van der Waals surface area contributed by atoms with E-state index in [1.54, 1.807) is 18.2 Å². The molecule has 0 spiro atoms. The fourth-order valence-electron chi connectivity index (χ4n) is 3.25. The monoisotopic (exact) mass is 513 g/mol. The third-order valence-electron chi connectivity index (χ3n) is 5.39. The number of aryl methyl sites for hydroxylation is 1. The van der Waals surface area contributed by atoms with E-state index >= 15 is 0 Å². The van der Waals surface area contributed by atoms with Crippen LogP contribution < -0.4 is 31.3 Å². The molecule has 2 aromatic rings. The van der Waals surface area contributed by atoms with Crippen LogP contribution in [0.25, 0.3) is 0 Å². The summed E-state index contributed by atoms with van der Waals surface area (Å²) < 4.78 is 5.40. The number of amides is 5. The molecule has 0 heterocycles. The van der Waals surface area contributed by atoms with Crippen LogP contribution in [0.4, 0.5) is 21.0 Å². The molecule has 11 heteroatoms. The van der Waals surface area contributed by atoms with Crippen molar-refractivity contribution in [2.45, 2.75) is 33.6 Å². The maximum absolute atomic E-state index is 12.5. The van der Waals surface area contributed by atoms with E-state index in [-0.39, 0.29) is 31.8 Å². The zero-order valence-corrected chi connectivity index (χ0v) is 21.6. The summed E-state index contributed by atoms with van der Waals surface area (Å²) >= 11 is 0. The highest BCUT2D eigenvalue weighted by molar-refractivity contribution is 6.01. The van der Waals surface area contributed by atoms with Crippen molar-refractivity contribution >= 4 is 35.3 Å². The molecule has 0 aromatic heterocycles. The number of carboxylic acid groups (broad SMARTS) is 1. The highest BCUT2D eigenvalue weighted by atomic mass is 16.5. The molecule has 0 aliphatic carbocycles. The molecule has 2 rings (SSSR count). The maximum atomic E-state index is 12.5. The number of hydrogen-bond donors (Lipinski definition) is 6. The number of anilines is 2. The summed E-state index contributed by atoms with van der Waals surface area (Å²) in [7, 11) is 1.48. The number of rotatable bonds is 12. The lowest BCUT2D eigenvalue weighted by Gasteiger charge is -2.25. The topological polar surface area (TPSA) is 158 Å². The lowest BCUT2D eigenvalue weighted by Crippen LogP contribution is -2.45. The van der Waals surface area contributed by atoms with Crippen LogP contribution in [0, 0.1) is 12.3 Å². The predicted octanol–water partition coefficient (Wildman–Crippen LogP) is 3.11. The number of methoxy groups -OCH3 is 1. The summed E-state index contributed by atoms with van der Waals surface area (Å²) in [6.07, 6.45) is -0.0551. The van der Waals surface area contributed by atoms with E-state index < -0.39 is 23.4 Å². The number of carbonyl (C=O) groups excluding carboxylic acids is 3. The Labute approximate surface area is 216 Å². The van der Waals surface area contributed by atoms with Crippen molar-refractivity contribution in [3.05, 3.63) is 53.6 Å². The molecule has 0 atom stereocenters. The number of aliphatic carboxylic acids is 1. The average molecular weight is 514 g/mol. The maximum Gasteiger partial charge on any atom is 0.323 e. The summed E-state index contributed by atoms with van der Waals surface area (Å²) in [5.41, 5.74) is 2.36. The molecule has 0 saturated heterocycles. The van der Waals surface area contributed by atoms with Crippen LogP contribution in [0.15, 0.2) is 42.5 Å². The first kappa shape index (κ1) is 29.0. The minimum atomic E-state index is -0.990. The third-order valence-corrected chi connectivity index (χ3v) is 5.39. The highest BCUT2D eigenvalue weighted by Gasteiger charge is 2.20. The summed E-state index contributed by atoms with van der Waals surface area (Å²) in [4.78, 5) is 47.2. The average Bonchev–Trinajstić information content (AvgIpc) is 2.84. The molecule has 0 fully saturated rings. The van der Waals surface area contributed by atoms with Crippen molar-refractivity contribution in [1.82, 2.24) is 16.0 Å². The van der Waals surface area contributed by atoms with E-state index in [1.807, 2.05) is 45.0 Å². The molecule has 0 radical (unpaired) electrons. The fraction of sp³-hybridized carbons (Fsp3) is 0.385. The van der Waals surface area contributed by atoms with Crippen molar-refractivity contribution in [3.8, 4) is 5.75 Å². The lowest BCUT2D eigenvalue weighted by molar-refractivity contribution is -0.136. The largest absolute Gasteiger partial charge is 0.495 e. The number of urea groups is 2. The van der Waals surface area contributed by atoms with Gasteiger partial charge in [-0.15, -0.1) is 0 Å². The predicted molar refractivity (Wildman–Crippen MR) is 141 cm³/mol. The lowest BCUT2D eigenvalue weighted by atomic mass is 9.93. The second-order valence-electron chi connectivity index (χ2n) is 9.30. The quantitative estimate of drug-likeness (QED) is 0.256. The van der Waals surface area contributed by atoms with E-state index in [4.69, 9.17) is 9.84 Å². The van der Waals surface area contributed by atoms with Crippen LogP contribution in [0.2, 0.25) is 0 Å². The second-order valence-corrected chi connectivity index (χ2v) is 9.30. The Morgan fingerprint density at radius 2 is 1.57 bits per heavy atom. The fourth-order valence-corrected chi connectivity index (χ4v) is 3.25. The zero-order chi connectivity index (χ0) is 27.4. The Kier molecular flexibility index (Phi) is 10.7. The minimum Gasteiger partial charge on any atom is -0.495 e. The van der Waals surface area contributed by atoms with Crippen LogP contribution in [0.5, 0.6) is 5.75 Å². The molecule has 0 saturated carbocycles. The molecule has 0 unspecified atom stereocenters. The van der Waals surface area contributed by atoms with Crippen LogP contribution in [-0.2, 0) is 16.0 Å². The zero-order valence-electron chi connectivity index (χ0n) is 21.6. The van der Waals surface area contributed by atoms with Gasteiger partial charge in [0.15, 0.2) is 0 Å². The van der Waals surface area contributed by atoms with E-state index in [9.17, 15) is 19.2 Å². The molecule has 6 N–H and O–H groups in total. The van der Waals surface area contributed by atoms with E-state index in [1.165, 1.54) is 7.11 Å². The van der Waals surface area contributed by atoms with Crippen molar-refractivity contribution in [2.75, 3.05) is 37.4 Å². The third kappa shape index (κ3) is 10.5. The molecule has 200 valence electrons. The van der Waals surface area contributed by atoms with Crippen molar-refractivity contribution < 1.29 is 29.0 Å². The Morgan fingerprint density at radius 1 is 0.892 bits per heavy atom. The van der Waals surface area contributed by atoms with Gasteiger partial charge in [-0.05, 0) is 41.7 Å². The standard InChI is InChI=1S/C26H35N5O6/c1-17-7-5-6-8-19(17)30-25(36)31-20-10-9-18(13-21(20)37-4)14-22(32)28-15-26(2,3)16-29-24(35)27-12-11-23(33)34/h5-10,13H,11-12,14-16H2,1-4H3,(H,28,32)(H,33,34)(H2,27,29,35)(H2,30,31,36). The Balaban J connectivity index is 1.84. The summed E-state index contributed by atoms with van der Waals surface area (Å²) in [5, 5.41) is 22.2. The first-order valence-corrected chi connectivity index (χ1v) is 11.8. The molecular formula is C26H35N5O6. The van der Waals surface area contributed by atoms with Gasteiger partial charge in [0.25, 0.3) is 0 Å². The van der Waals surface area contributed by atoms with E-state index in [0.29, 0.717) is 29.2 Å². The number of nitrogens with one attached hydrogen (secondary N) is 5. The summed E-state index contributed by atoms with van der Waals surface area (Å²) in [6.45, 7) is 6.30. The van der Waals surface area contributed by atoms with Crippen molar-refractivity contribution in [3.63, 3.8) is 0 Å². The number of hydrogen-bond acceptors (Lipinski definition) is 5. The van der Waals surface area contributed by atoms with E-state index in [0.717, 1.165) is 5.56 Å². The highest BCUT2D eigenvalue weighted by Crippen LogP contribution is 2.26. The molecule has 0 aliphatic heterocycles. The molecule has 0 aliphatic rings. The molecule has 37 heavy (non-hydrogen) atoms. The van der Waals surface area contributed by atoms with Gasteiger partial charge in [-0.25, -0.2) is 9.59 Å². The summed E-state index contributed by atoms with van der Waals surface area (Å²) in [5.74, 6) is -0.779. The summed E-state index contributed by atoms with van der Waals surface area (Å²) in [6, 6.07) is 11.7. The van der Waals surface area contributed by atoms with Crippen molar-refractivity contribution in [1.29, 1.82) is 0 Å². The molecule has 5 amide bonds. The Hall–Kier alpha value is -4.28. The van der Waals surface area contributed by atoms with Gasteiger partial charge in [0.05, 0.1) is 25.6 Å². The SMILES string of the molecule is COc1cc(CC(=O)NCC(C)(C)CNC(=O)NCCC(=O)O)ccc1NC(=O)Nc1ccccc1C. The van der Waals surface area contributed by atoms with Crippen LogP contribution in [0.3, 0.4) is 0 Å². The first-order valence-electron chi connectivity index (χ1n) is 11.8. The number of benzene rings is 2. The van der Waals surface area contributed by atoms with E-state index in [2.05, 4.69) is 26.6 Å². The normalized spacial score (nSPS) is 10.7. The van der Waals surface area contributed by atoms with Gasteiger partial charge in [-0.3, -0.25) is 9.59 Å². The number of carbonyl (C=O) groups is 4. The van der Waals surface area contributed by atoms with Gasteiger partial charge in [0.2, 0.25) is 5.91 Å². The van der Waals surface area contributed by atoms with Crippen LogP contribution >= 0.6 is 0 Å². The Bertz CT molecular complexity index is 1120. The van der Waals surface area contributed by atoms with Gasteiger partial charge in [-0.1, -0.05) is 38.1 Å². The molecular weight excluding hydrogens is 478 g/mol. The number of ether oxygens (including phenoxy) is 1. The minimum absolute atomic E-state index is 0.0352. The molecule has 0 bridgehead atoms. The van der Waals surface area contributed by atoms with Crippen molar-refractivity contribution in [2.24, 2.45) is 5.41 Å².